The highest BCUT2D eigenvalue weighted by atomic mass is 16.6. The molecular weight excluding hydrogens is 1750 g/mol. The zero-order valence-electron chi connectivity index (χ0n) is 85.9. The highest BCUT2D eigenvalue weighted by molar-refractivity contribution is 5.98. The van der Waals surface area contributed by atoms with Crippen molar-refractivity contribution in [2.45, 2.75) is 320 Å². The summed E-state index contributed by atoms with van der Waals surface area (Å²) in [6.45, 7) is 29.4. The molecule has 0 N–H and O–H groups in total. The van der Waals surface area contributed by atoms with Crippen LogP contribution in [0.3, 0.4) is 0 Å². The van der Waals surface area contributed by atoms with Crippen molar-refractivity contribution in [3.8, 4) is 0 Å². The molecule has 0 radical (unpaired) electrons. The van der Waals surface area contributed by atoms with Crippen molar-refractivity contribution < 1.29 is 90.6 Å². The van der Waals surface area contributed by atoms with Gasteiger partial charge in [-0.05, 0) is 485 Å². The monoisotopic (exact) mass is 1910 g/mol. The summed E-state index contributed by atoms with van der Waals surface area (Å²) in [4.78, 5) is 117. The minimum atomic E-state index is -0.395. The quantitative estimate of drug-likeness (QED) is 0.0945. The Labute approximate surface area is 827 Å². The Balaban J connectivity index is 0.0000000790. The summed E-state index contributed by atoms with van der Waals surface area (Å²) in [6.07, 6.45) is 46.9. The zero-order chi connectivity index (χ0) is 95.3. The Kier molecular flexibility index (Phi) is 21.6. The Bertz CT molecular complexity index is 5010. The van der Waals surface area contributed by atoms with E-state index in [-0.39, 0.29) is 103 Å². The van der Waals surface area contributed by atoms with E-state index in [0.717, 1.165) is 322 Å². The van der Waals surface area contributed by atoms with E-state index in [1.807, 2.05) is 0 Å². The molecule has 26 aliphatic carbocycles. The summed E-state index contributed by atoms with van der Waals surface area (Å²) < 4.78 is 46.8. The van der Waals surface area contributed by atoms with Gasteiger partial charge in [0.2, 0.25) is 0 Å². The summed E-state index contributed by atoms with van der Waals surface area (Å²) in [5.41, 5.74) is 0.336. The highest BCUT2D eigenvalue weighted by Gasteiger charge is 2.77. The molecule has 0 aromatic carbocycles. The number of hydrogen-bond acceptors (Lipinski definition) is 19. The molecule has 26 bridgehead atoms. The fourth-order valence-electron chi connectivity index (χ4n) is 48.9. The topological polar surface area (TPSA) is 254 Å². The van der Waals surface area contributed by atoms with E-state index in [1.165, 1.54) is 154 Å². The molecule has 26 saturated carbocycles. The van der Waals surface area contributed by atoms with E-state index in [2.05, 4.69) is 69.2 Å². The van der Waals surface area contributed by atoms with Crippen LogP contribution in [0.4, 0.5) is 0 Å². The first-order chi connectivity index (χ1) is 66.7. The summed E-state index contributed by atoms with van der Waals surface area (Å²) in [7, 11) is 0. The minimum Gasteiger partial charge on any atom is -0.465 e. The van der Waals surface area contributed by atoms with Crippen LogP contribution in [0, 0.1) is 309 Å². The van der Waals surface area contributed by atoms with Crippen LogP contribution in [-0.2, 0) is 90.6 Å². The van der Waals surface area contributed by atoms with E-state index in [1.54, 1.807) is 0 Å². The summed E-state index contributed by atoms with van der Waals surface area (Å²) in [6, 6.07) is 0. The maximum Gasteiger partial charge on any atom is 0.320 e. The van der Waals surface area contributed by atoms with Gasteiger partial charge in [0.1, 0.15) is 0 Å². The minimum absolute atomic E-state index is 0.0143. The molecule has 35 rings (SSSR count). The van der Waals surface area contributed by atoms with E-state index in [9.17, 15) is 47.9 Å². The second-order valence-electron chi connectivity index (χ2n) is 58.2. The molecule has 0 amide bonds. The Morgan fingerprint density at radius 1 is 0.209 bits per heavy atom. The number of hydrogen-bond donors (Lipinski definition) is 0. The number of esters is 10. The van der Waals surface area contributed by atoms with Crippen LogP contribution in [0.15, 0.2) is 0 Å². The van der Waals surface area contributed by atoms with Gasteiger partial charge in [0.15, 0.2) is 0 Å². The van der Waals surface area contributed by atoms with Gasteiger partial charge in [-0.2, -0.15) is 0 Å². The number of rotatable bonds is 0. The van der Waals surface area contributed by atoms with Gasteiger partial charge in [-0.3, -0.25) is 47.9 Å². The van der Waals surface area contributed by atoms with Crippen LogP contribution < -0.4 is 0 Å². The van der Waals surface area contributed by atoms with Crippen molar-refractivity contribution in [1.82, 2.24) is 0 Å². The molecule has 35 aliphatic rings. The predicted octanol–water partition coefficient (Wildman–Crippen LogP) is 21.2. The summed E-state index contributed by atoms with van der Waals surface area (Å²) in [5.74, 6) is 38.4. The van der Waals surface area contributed by atoms with E-state index in [0.29, 0.717) is 87.3 Å². The Hall–Kier alpha value is -5.10. The Morgan fingerprint density at radius 2 is 0.554 bits per heavy atom. The lowest BCUT2D eigenvalue weighted by Gasteiger charge is -2.44. The zero-order valence-corrected chi connectivity index (χ0v) is 85.9. The van der Waals surface area contributed by atoms with E-state index in [4.69, 9.17) is 42.6 Å². The molecule has 0 aromatic heterocycles. The molecule has 9 spiro atoms. The predicted molar refractivity (Wildman–Crippen MR) is 511 cm³/mol. The molecule has 9 aliphatic heterocycles. The van der Waals surface area contributed by atoms with Crippen molar-refractivity contribution in [2.75, 3.05) is 52.9 Å². The third-order valence-corrected chi connectivity index (χ3v) is 53.6. The third-order valence-electron chi connectivity index (χ3n) is 53.6. The molecule has 0 aromatic rings. The van der Waals surface area contributed by atoms with Gasteiger partial charge in [-0.15, -0.1) is 0 Å². The lowest BCUT2D eigenvalue weighted by Crippen LogP contribution is -2.43. The molecule has 53 atom stereocenters. The SMILES string of the molecule is CC1C2CC(C1C)C1(CCOC1=O)C2.CC1CC2CC1C1(CCOC1=O)C2.CC1CC2CC1C1(COC(=O)C1)C2.CC1CC2CC1C1C2C2CC1C1(CCOC1=O)C2.CC1CC2CC1C1C2C2CC1C1(COC(=O)C1)C2.CC1CC2CC1C1C3CC(C21)C1(CCOC1=O)C3.CC1CC2CC1C1C3CC(C21)C1(COC(=O)C1)C3.CC1CC2CC1CC21CC(=O)OC1=O.CC1CC2CC1CC21CCOC1=O. The number of fused-ring (bicyclic) bond motifs is 55. The lowest BCUT2D eigenvalue weighted by molar-refractivity contribution is -0.157. The first kappa shape index (κ1) is 92.5. The highest BCUT2D eigenvalue weighted by Crippen LogP contribution is 2.80. The molecule has 35 fully saturated rings. The number of cyclic esters (lactones) is 10. The molecule has 19 nitrogen and oxygen atoms in total. The van der Waals surface area contributed by atoms with Crippen molar-refractivity contribution in [3.05, 3.63) is 0 Å². The van der Waals surface area contributed by atoms with Gasteiger partial charge >= 0.3 is 59.7 Å². The van der Waals surface area contributed by atoms with Crippen molar-refractivity contribution in [1.29, 1.82) is 0 Å². The van der Waals surface area contributed by atoms with Crippen molar-refractivity contribution in [2.24, 2.45) is 309 Å². The first-order valence-corrected chi connectivity index (χ1v) is 58.8. The normalized spacial score (nSPS) is 58.7. The van der Waals surface area contributed by atoms with Crippen LogP contribution in [0.1, 0.15) is 320 Å². The smallest absolute Gasteiger partial charge is 0.320 e. The van der Waals surface area contributed by atoms with Gasteiger partial charge in [-0.25, -0.2) is 0 Å². The van der Waals surface area contributed by atoms with Gasteiger partial charge in [0, 0.05) is 16.2 Å². The standard InChI is InChI=1S/4C16H22O2.C12H18O2.C11H14O3.3C11H16O2/c1-8-2-9-3-11(8)14-10-4-12(15(9)14)16(5-10)6-13(17)18-7-16;1-8-2-9-3-11(8)15-12-4-10(14(9)15)5-16(12)6-13(17)18-7-16;1-8-4-9-5-11(8)13-10-6-12(14(9)13)16(7-10)2-3-18-15(16)17;1-8-4-9-5-11(8)14-12-6-10(13(9)14)7-16(12)2-3-18-15(16)17;1-7-8(2)10-5-9(7)6-12(10)3-4-14-11(12)13;1-6-2-8-3-7(6)4-11(8)5-9(12)14-10(11)13;1-7-2-8-3-9(7)11(4-8)5-10(12)13-6-11;1-7-4-9-5-8(7)6-11(9)2-3-13-10(11)12;1-7-4-8-5-9(7)11(6-8)2-3-13-10(11)12/h2*8-12,14-15H,2-7H2,1H3;2*8-14H,2-7H2,1H3;7-10H,3-6H2,1-2H3;6-8H,2-5H2,1H3;3*7-9H,2-6H2,1H3. The van der Waals surface area contributed by atoms with Crippen LogP contribution in [-0.4, -0.2) is 113 Å². The number of ether oxygens (including phenoxy) is 9. The fourth-order valence-corrected chi connectivity index (χ4v) is 48.9. The molecule has 139 heavy (non-hydrogen) atoms. The van der Waals surface area contributed by atoms with Crippen LogP contribution in [0.5, 0.6) is 0 Å². The van der Waals surface area contributed by atoms with Crippen LogP contribution in [0.2, 0.25) is 0 Å². The second kappa shape index (κ2) is 32.5. The molecule has 9 saturated heterocycles. The van der Waals surface area contributed by atoms with Crippen LogP contribution >= 0.6 is 0 Å². The fraction of sp³-hybridized carbons (Fsp3) is 0.917. The van der Waals surface area contributed by atoms with Gasteiger partial charge in [-0.1, -0.05) is 69.2 Å². The Morgan fingerprint density at radius 3 is 0.942 bits per heavy atom. The average molecular weight is 1910 g/mol. The van der Waals surface area contributed by atoms with Gasteiger partial charge in [0.25, 0.3) is 0 Å². The van der Waals surface area contributed by atoms with Crippen LogP contribution in [0.25, 0.3) is 0 Å². The largest absolute Gasteiger partial charge is 0.465 e. The maximum absolute atomic E-state index is 12.2. The van der Waals surface area contributed by atoms with Gasteiger partial charge in [0.05, 0.1) is 111 Å². The number of carbonyl (C=O) groups is 10. The summed E-state index contributed by atoms with van der Waals surface area (Å²) >= 11 is 0. The molecule has 9 heterocycles. The van der Waals surface area contributed by atoms with Gasteiger partial charge < -0.3 is 42.6 Å². The molecule has 53 unspecified atom stereocenters. The summed E-state index contributed by atoms with van der Waals surface area (Å²) in [5, 5.41) is 0. The van der Waals surface area contributed by atoms with Crippen molar-refractivity contribution >= 4 is 59.7 Å². The molecule has 762 valence electrons. The van der Waals surface area contributed by atoms with Crippen molar-refractivity contribution in [3.63, 3.8) is 0 Å². The molecular formula is C120H168O19. The average Bonchev–Trinajstić information content (AvgIpc) is 1.53. The lowest BCUT2D eigenvalue weighted by atomic mass is 9.59. The first-order valence-electron chi connectivity index (χ1n) is 58.8. The molecule has 19 heteroatoms. The second-order valence-corrected chi connectivity index (χ2v) is 58.2. The third kappa shape index (κ3) is 13.2. The maximum atomic E-state index is 12.2. The van der Waals surface area contributed by atoms with E-state index < -0.39 is 5.41 Å². The number of carbonyl (C=O) groups excluding carboxylic acids is 10. The van der Waals surface area contributed by atoms with E-state index >= 15 is 0 Å².